The molecule has 2 aromatic heterocycles. The van der Waals surface area contributed by atoms with E-state index in [0.29, 0.717) is 18.3 Å². The van der Waals surface area contributed by atoms with Crippen molar-refractivity contribution in [2.45, 2.75) is 32.7 Å². The van der Waals surface area contributed by atoms with Crippen LogP contribution in [0.4, 0.5) is 17.5 Å². The Balaban J connectivity index is 1.65. The minimum atomic E-state index is 0.132. The molecule has 6 heteroatoms. The number of pyridine rings is 1. The first-order chi connectivity index (χ1) is 12.0. The molecule has 0 aliphatic rings. The summed E-state index contributed by atoms with van der Waals surface area (Å²) in [6.07, 6.45) is 5.17. The fourth-order valence-electron chi connectivity index (χ4n) is 2.32. The van der Waals surface area contributed by atoms with E-state index in [4.69, 9.17) is 0 Å². The fraction of sp³-hybridized carbons (Fsp3) is 0.263. The van der Waals surface area contributed by atoms with E-state index >= 15 is 0 Å². The summed E-state index contributed by atoms with van der Waals surface area (Å²) in [7, 11) is 0. The monoisotopic (exact) mass is 334 g/mol. The summed E-state index contributed by atoms with van der Waals surface area (Å²) in [6, 6.07) is 12.2. The van der Waals surface area contributed by atoms with Crippen molar-refractivity contribution in [2.75, 3.05) is 10.6 Å². The maximum absolute atomic E-state index is 4.44. The Kier molecular flexibility index (Phi) is 4.88. The summed E-state index contributed by atoms with van der Waals surface area (Å²) in [5.74, 6) is 1.12. The molecule has 3 aromatic rings. The summed E-state index contributed by atoms with van der Waals surface area (Å²) in [5, 5.41) is 14.4. The van der Waals surface area contributed by atoms with Crippen LogP contribution < -0.4 is 10.6 Å². The van der Waals surface area contributed by atoms with Gasteiger partial charge in [-0.1, -0.05) is 39.0 Å². The van der Waals surface area contributed by atoms with Crippen LogP contribution in [0, 0.1) is 0 Å². The van der Waals surface area contributed by atoms with Gasteiger partial charge in [0.05, 0.1) is 6.20 Å². The standard InChI is InChI=1S/C19H22N6/c1-19(2,3)15-6-8-16(9-7-15)23-18-24-17(13-22-25-18)21-12-14-5-4-10-20-11-14/h4-11,13H,12H2,1-3H3,(H2,21,23,24,25). The second kappa shape index (κ2) is 7.25. The highest BCUT2D eigenvalue weighted by Gasteiger charge is 2.13. The molecular weight excluding hydrogens is 312 g/mol. The van der Waals surface area contributed by atoms with Gasteiger partial charge in [-0.3, -0.25) is 4.98 Å². The third-order valence-corrected chi connectivity index (χ3v) is 3.76. The van der Waals surface area contributed by atoms with E-state index in [1.54, 1.807) is 12.4 Å². The SMILES string of the molecule is CC(C)(C)c1ccc(Nc2nncc(NCc3cccnc3)n2)cc1. The van der Waals surface area contributed by atoms with Gasteiger partial charge in [0.15, 0.2) is 5.82 Å². The fourth-order valence-corrected chi connectivity index (χ4v) is 2.32. The van der Waals surface area contributed by atoms with Crippen LogP contribution in [0.15, 0.2) is 55.0 Å². The predicted molar refractivity (Wildman–Crippen MR) is 99.8 cm³/mol. The highest BCUT2D eigenvalue weighted by atomic mass is 15.3. The molecule has 0 unspecified atom stereocenters. The average Bonchev–Trinajstić information content (AvgIpc) is 2.61. The lowest BCUT2D eigenvalue weighted by atomic mass is 9.87. The second-order valence-electron chi connectivity index (χ2n) is 6.83. The molecule has 0 radical (unpaired) electrons. The molecule has 0 saturated carbocycles. The third-order valence-electron chi connectivity index (χ3n) is 3.76. The van der Waals surface area contributed by atoms with Crippen LogP contribution in [0.3, 0.4) is 0 Å². The van der Waals surface area contributed by atoms with E-state index in [-0.39, 0.29) is 5.41 Å². The maximum Gasteiger partial charge on any atom is 0.249 e. The lowest BCUT2D eigenvalue weighted by Gasteiger charge is -2.19. The van der Waals surface area contributed by atoms with E-state index in [1.165, 1.54) is 5.56 Å². The molecule has 2 N–H and O–H groups in total. The number of aromatic nitrogens is 4. The molecular formula is C19H22N6. The summed E-state index contributed by atoms with van der Waals surface area (Å²) in [6.45, 7) is 7.21. The van der Waals surface area contributed by atoms with Crippen LogP contribution >= 0.6 is 0 Å². The molecule has 3 rings (SSSR count). The zero-order chi connectivity index (χ0) is 17.7. The normalized spacial score (nSPS) is 11.2. The largest absolute Gasteiger partial charge is 0.364 e. The highest BCUT2D eigenvalue weighted by molar-refractivity contribution is 5.55. The van der Waals surface area contributed by atoms with E-state index in [2.05, 4.69) is 63.7 Å². The zero-order valence-corrected chi connectivity index (χ0v) is 14.7. The van der Waals surface area contributed by atoms with E-state index in [0.717, 1.165) is 11.3 Å². The number of hydrogen-bond acceptors (Lipinski definition) is 6. The van der Waals surface area contributed by atoms with Gasteiger partial charge in [-0.2, -0.15) is 10.1 Å². The molecule has 0 fully saturated rings. The van der Waals surface area contributed by atoms with E-state index in [1.807, 2.05) is 30.5 Å². The smallest absolute Gasteiger partial charge is 0.249 e. The van der Waals surface area contributed by atoms with Crippen molar-refractivity contribution in [3.8, 4) is 0 Å². The quantitative estimate of drug-likeness (QED) is 0.736. The van der Waals surface area contributed by atoms with Crippen LogP contribution in [-0.2, 0) is 12.0 Å². The molecule has 0 saturated heterocycles. The summed E-state index contributed by atoms with van der Waals surface area (Å²) >= 11 is 0. The van der Waals surface area contributed by atoms with Gasteiger partial charge in [-0.05, 0) is 34.7 Å². The van der Waals surface area contributed by atoms with Gasteiger partial charge in [0.1, 0.15) is 0 Å². The molecule has 0 bridgehead atoms. The average molecular weight is 334 g/mol. The number of hydrogen-bond donors (Lipinski definition) is 2. The molecule has 1 aromatic carbocycles. The Labute approximate surface area is 147 Å². The minimum Gasteiger partial charge on any atom is -0.364 e. The predicted octanol–water partition coefficient (Wildman–Crippen LogP) is 3.92. The molecule has 128 valence electrons. The Bertz CT molecular complexity index is 809. The van der Waals surface area contributed by atoms with Crippen molar-refractivity contribution in [1.82, 2.24) is 20.2 Å². The van der Waals surface area contributed by atoms with E-state index in [9.17, 15) is 0 Å². The van der Waals surface area contributed by atoms with Crippen LogP contribution in [-0.4, -0.2) is 20.2 Å². The van der Waals surface area contributed by atoms with Gasteiger partial charge in [0.25, 0.3) is 0 Å². The molecule has 0 spiro atoms. The van der Waals surface area contributed by atoms with Crippen molar-refractivity contribution in [1.29, 1.82) is 0 Å². The zero-order valence-electron chi connectivity index (χ0n) is 14.7. The van der Waals surface area contributed by atoms with E-state index < -0.39 is 0 Å². The Morgan fingerprint density at radius 3 is 2.48 bits per heavy atom. The first-order valence-corrected chi connectivity index (χ1v) is 8.21. The van der Waals surface area contributed by atoms with Gasteiger partial charge in [0.2, 0.25) is 5.95 Å². The van der Waals surface area contributed by atoms with Gasteiger partial charge in [-0.25, -0.2) is 0 Å². The third kappa shape index (κ3) is 4.73. The number of benzene rings is 1. The van der Waals surface area contributed by atoms with Crippen LogP contribution in [0.5, 0.6) is 0 Å². The Hall–Kier alpha value is -3.02. The molecule has 0 aliphatic heterocycles. The number of nitrogens with one attached hydrogen (secondary N) is 2. The number of anilines is 3. The molecule has 2 heterocycles. The Morgan fingerprint density at radius 1 is 1.00 bits per heavy atom. The van der Waals surface area contributed by atoms with Crippen molar-refractivity contribution in [3.05, 3.63) is 66.1 Å². The second-order valence-corrected chi connectivity index (χ2v) is 6.83. The first kappa shape index (κ1) is 16.8. The van der Waals surface area contributed by atoms with Gasteiger partial charge in [0, 0.05) is 24.6 Å². The Morgan fingerprint density at radius 2 is 1.80 bits per heavy atom. The summed E-state index contributed by atoms with van der Waals surface area (Å²) < 4.78 is 0. The summed E-state index contributed by atoms with van der Waals surface area (Å²) in [4.78, 5) is 8.53. The molecule has 0 aliphatic carbocycles. The molecule has 25 heavy (non-hydrogen) atoms. The molecule has 0 atom stereocenters. The van der Waals surface area contributed by atoms with Crippen LogP contribution in [0.2, 0.25) is 0 Å². The lowest BCUT2D eigenvalue weighted by Crippen LogP contribution is -2.10. The first-order valence-electron chi connectivity index (χ1n) is 8.21. The van der Waals surface area contributed by atoms with Gasteiger partial charge < -0.3 is 10.6 Å². The molecule has 0 amide bonds. The van der Waals surface area contributed by atoms with Crippen molar-refractivity contribution >= 4 is 17.5 Å². The van der Waals surface area contributed by atoms with Crippen molar-refractivity contribution in [3.63, 3.8) is 0 Å². The maximum atomic E-state index is 4.44. The van der Waals surface area contributed by atoms with Gasteiger partial charge >= 0.3 is 0 Å². The number of nitrogens with zero attached hydrogens (tertiary/aromatic N) is 4. The van der Waals surface area contributed by atoms with Crippen LogP contribution in [0.25, 0.3) is 0 Å². The van der Waals surface area contributed by atoms with Crippen molar-refractivity contribution < 1.29 is 0 Å². The van der Waals surface area contributed by atoms with Gasteiger partial charge in [-0.15, -0.1) is 5.10 Å². The topological polar surface area (TPSA) is 75.6 Å². The summed E-state index contributed by atoms with van der Waals surface area (Å²) in [5.41, 5.74) is 3.42. The minimum absolute atomic E-state index is 0.132. The number of rotatable bonds is 5. The van der Waals surface area contributed by atoms with Crippen molar-refractivity contribution in [2.24, 2.45) is 0 Å². The van der Waals surface area contributed by atoms with Crippen LogP contribution in [0.1, 0.15) is 31.9 Å². The highest BCUT2D eigenvalue weighted by Crippen LogP contribution is 2.24. The molecule has 6 nitrogen and oxygen atoms in total. The lowest BCUT2D eigenvalue weighted by molar-refractivity contribution is 0.590.